The molecule has 3 aliphatic rings. The van der Waals surface area contributed by atoms with E-state index in [1.54, 1.807) is 0 Å². The first kappa shape index (κ1) is 20.3. The van der Waals surface area contributed by atoms with E-state index in [4.69, 9.17) is 0 Å². The number of halogens is 2. The van der Waals surface area contributed by atoms with Gasteiger partial charge in [-0.25, -0.2) is 8.78 Å². The van der Waals surface area contributed by atoms with Crippen LogP contribution in [-0.2, 0) is 6.54 Å². The van der Waals surface area contributed by atoms with Crippen molar-refractivity contribution in [3.63, 3.8) is 0 Å². The van der Waals surface area contributed by atoms with Crippen LogP contribution in [0.4, 0.5) is 8.78 Å². The van der Waals surface area contributed by atoms with Gasteiger partial charge in [0.15, 0.2) is 0 Å². The standard InChI is InChI=1S/C27H28F2N2/c28-23-10-6-20(7-11-23)25(21-8-12-24(29)13-9-21)27-26(22-14-16-31(27)17-15-22)30-18-19-4-2-1-3-5-19/h1-13,22,25-27,30H,14-18H2. The quantitative estimate of drug-likeness (QED) is 0.581. The Kier molecular flexibility index (Phi) is 5.84. The Bertz CT molecular complexity index is 935. The molecule has 3 aromatic carbocycles. The van der Waals surface area contributed by atoms with E-state index < -0.39 is 0 Å². The summed E-state index contributed by atoms with van der Waals surface area (Å²) in [5.74, 6) is 0.205. The number of nitrogens with one attached hydrogen (secondary N) is 1. The fourth-order valence-electron chi connectivity index (χ4n) is 5.55. The Labute approximate surface area is 182 Å². The van der Waals surface area contributed by atoms with Crippen LogP contribution in [0.5, 0.6) is 0 Å². The van der Waals surface area contributed by atoms with E-state index in [2.05, 4.69) is 34.5 Å². The lowest BCUT2D eigenvalue weighted by atomic mass is 9.70. The summed E-state index contributed by atoms with van der Waals surface area (Å²) < 4.78 is 27.4. The lowest BCUT2D eigenvalue weighted by Crippen LogP contribution is -2.64. The Hall–Kier alpha value is -2.56. The van der Waals surface area contributed by atoms with Crippen molar-refractivity contribution in [3.05, 3.63) is 107 Å². The third kappa shape index (κ3) is 4.28. The predicted octanol–water partition coefficient (Wildman–Crippen LogP) is 5.35. The number of hydrogen-bond acceptors (Lipinski definition) is 2. The molecule has 2 bridgehead atoms. The molecule has 4 heteroatoms. The van der Waals surface area contributed by atoms with Gasteiger partial charge in [-0.1, -0.05) is 54.6 Å². The second kappa shape index (κ2) is 8.89. The Morgan fingerprint density at radius 2 is 1.32 bits per heavy atom. The lowest BCUT2D eigenvalue weighted by molar-refractivity contribution is 0.00466. The minimum Gasteiger partial charge on any atom is -0.308 e. The molecule has 3 fully saturated rings. The smallest absolute Gasteiger partial charge is 0.123 e. The van der Waals surface area contributed by atoms with E-state index in [-0.39, 0.29) is 23.6 Å². The van der Waals surface area contributed by atoms with E-state index in [0.29, 0.717) is 12.0 Å². The Morgan fingerprint density at radius 1 is 0.774 bits per heavy atom. The number of piperidine rings is 3. The van der Waals surface area contributed by atoms with Crippen LogP contribution in [0.2, 0.25) is 0 Å². The van der Waals surface area contributed by atoms with Crippen LogP contribution in [0.1, 0.15) is 35.4 Å². The van der Waals surface area contributed by atoms with Gasteiger partial charge < -0.3 is 5.32 Å². The van der Waals surface area contributed by atoms with Crippen molar-refractivity contribution in [2.24, 2.45) is 5.92 Å². The molecule has 0 aliphatic carbocycles. The molecule has 0 aromatic heterocycles. The first-order valence-electron chi connectivity index (χ1n) is 11.2. The molecule has 2 nitrogen and oxygen atoms in total. The van der Waals surface area contributed by atoms with Gasteiger partial charge in [0.25, 0.3) is 0 Å². The van der Waals surface area contributed by atoms with Gasteiger partial charge in [0.1, 0.15) is 11.6 Å². The molecule has 31 heavy (non-hydrogen) atoms. The molecule has 3 heterocycles. The van der Waals surface area contributed by atoms with Gasteiger partial charge >= 0.3 is 0 Å². The first-order valence-corrected chi connectivity index (χ1v) is 11.2. The molecule has 6 rings (SSSR count). The summed E-state index contributed by atoms with van der Waals surface area (Å²) in [6.45, 7) is 2.99. The summed E-state index contributed by atoms with van der Waals surface area (Å²) in [5.41, 5.74) is 3.44. The zero-order valence-electron chi connectivity index (χ0n) is 17.6. The van der Waals surface area contributed by atoms with Crippen molar-refractivity contribution >= 4 is 0 Å². The van der Waals surface area contributed by atoms with E-state index in [9.17, 15) is 8.78 Å². The minimum absolute atomic E-state index is 0.0533. The number of hydrogen-bond donors (Lipinski definition) is 1. The predicted molar refractivity (Wildman–Crippen MR) is 120 cm³/mol. The summed E-state index contributed by atoms with van der Waals surface area (Å²) in [6, 6.07) is 24.8. The van der Waals surface area contributed by atoms with Crippen molar-refractivity contribution in [1.29, 1.82) is 0 Å². The zero-order chi connectivity index (χ0) is 21.2. The van der Waals surface area contributed by atoms with Crippen molar-refractivity contribution in [3.8, 4) is 0 Å². The van der Waals surface area contributed by atoms with Gasteiger partial charge in [0.2, 0.25) is 0 Å². The highest BCUT2D eigenvalue weighted by atomic mass is 19.1. The third-order valence-electron chi connectivity index (χ3n) is 7.06. The Morgan fingerprint density at radius 3 is 1.87 bits per heavy atom. The summed E-state index contributed by atoms with van der Waals surface area (Å²) in [6.07, 6.45) is 2.39. The van der Waals surface area contributed by atoms with Crippen LogP contribution in [0, 0.1) is 17.6 Å². The van der Waals surface area contributed by atoms with Gasteiger partial charge in [-0.05, 0) is 72.8 Å². The maximum atomic E-state index is 13.7. The van der Waals surface area contributed by atoms with Crippen LogP contribution in [0.3, 0.4) is 0 Å². The van der Waals surface area contributed by atoms with Crippen molar-refractivity contribution < 1.29 is 8.78 Å². The minimum atomic E-state index is -0.231. The second-order valence-electron chi connectivity index (χ2n) is 8.84. The second-order valence-corrected chi connectivity index (χ2v) is 8.84. The fourth-order valence-corrected chi connectivity index (χ4v) is 5.55. The first-order chi connectivity index (χ1) is 15.2. The topological polar surface area (TPSA) is 15.3 Å². The SMILES string of the molecule is Fc1ccc(C(c2ccc(F)cc2)C2C(NCc3ccccc3)C3CCN2CC3)cc1. The van der Waals surface area contributed by atoms with Crippen LogP contribution >= 0.6 is 0 Å². The molecule has 3 aliphatic heterocycles. The van der Waals surface area contributed by atoms with Crippen LogP contribution < -0.4 is 5.32 Å². The molecule has 0 spiro atoms. The molecule has 160 valence electrons. The fraction of sp³-hybridized carbons (Fsp3) is 0.333. The molecule has 2 atom stereocenters. The van der Waals surface area contributed by atoms with E-state index >= 15 is 0 Å². The largest absolute Gasteiger partial charge is 0.308 e. The molecular weight excluding hydrogens is 390 g/mol. The average Bonchev–Trinajstić information content (AvgIpc) is 2.82. The van der Waals surface area contributed by atoms with Gasteiger partial charge in [-0.15, -0.1) is 0 Å². The monoisotopic (exact) mass is 418 g/mol. The van der Waals surface area contributed by atoms with Gasteiger partial charge in [-0.2, -0.15) is 0 Å². The van der Waals surface area contributed by atoms with Crippen molar-refractivity contribution in [2.45, 2.75) is 37.4 Å². The van der Waals surface area contributed by atoms with Crippen molar-refractivity contribution in [2.75, 3.05) is 13.1 Å². The van der Waals surface area contributed by atoms with Gasteiger partial charge in [0, 0.05) is 24.5 Å². The van der Waals surface area contributed by atoms with Crippen LogP contribution in [0.25, 0.3) is 0 Å². The van der Waals surface area contributed by atoms with E-state index in [1.165, 1.54) is 42.7 Å². The molecule has 3 aromatic rings. The molecule has 0 amide bonds. The number of rotatable bonds is 6. The zero-order valence-corrected chi connectivity index (χ0v) is 17.6. The highest BCUT2D eigenvalue weighted by molar-refractivity contribution is 5.36. The maximum Gasteiger partial charge on any atom is 0.123 e. The third-order valence-corrected chi connectivity index (χ3v) is 7.06. The number of nitrogens with zero attached hydrogens (tertiary/aromatic N) is 1. The summed E-state index contributed by atoms with van der Waals surface area (Å²) >= 11 is 0. The molecule has 2 unspecified atom stereocenters. The molecular formula is C27H28F2N2. The maximum absolute atomic E-state index is 13.7. The normalized spacial score (nSPS) is 25.1. The number of benzene rings is 3. The van der Waals surface area contributed by atoms with E-state index in [0.717, 1.165) is 30.8 Å². The summed E-state index contributed by atoms with van der Waals surface area (Å²) in [5, 5.41) is 3.87. The van der Waals surface area contributed by atoms with Crippen LogP contribution in [0.15, 0.2) is 78.9 Å². The van der Waals surface area contributed by atoms with Crippen LogP contribution in [-0.4, -0.2) is 30.1 Å². The highest BCUT2D eigenvalue weighted by Crippen LogP contribution is 2.42. The summed E-state index contributed by atoms with van der Waals surface area (Å²) in [7, 11) is 0. The molecule has 0 radical (unpaired) electrons. The molecule has 1 N–H and O–H groups in total. The van der Waals surface area contributed by atoms with E-state index in [1.807, 2.05) is 30.3 Å². The molecule has 3 saturated heterocycles. The van der Waals surface area contributed by atoms with Gasteiger partial charge in [-0.3, -0.25) is 4.90 Å². The highest BCUT2D eigenvalue weighted by Gasteiger charge is 2.46. The summed E-state index contributed by atoms with van der Waals surface area (Å²) in [4.78, 5) is 2.58. The number of fused-ring (bicyclic) bond motifs is 3. The average molecular weight is 419 g/mol. The Balaban J connectivity index is 1.51. The lowest BCUT2D eigenvalue weighted by Gasteiger charge is -2.54. The van der Waals surface area contributed by atoms with Gasteiger partial charge in [0.05, 0.1) is 0 Å². The molecule has 0 saturated carbocycles. The van der Waals surface area contributed by atoms with Crippen molar-refractivity contribution in [1.82, 2.24) is 10.2 Å².